The quantitative estimate of drug-likeness (QED) is 0.682. The highest BCUT2D eigenvalue weighted by atomic mass is 32.1. The van der Waals surface area contributed by atoms with Crippen LogP contribution in [0.3, 0.4) is 0 Å². The zero-order chi connectivity index (χ0) is 16.6. The molecule has 0 spiro atoms. The van der Waals surface area contributed by atoms with Gasteiger partial charge in [-0.25, -0.2) is 14.3 Å². The number of hydrogen-bond donors (Lipinski definition) is 0. The van der Waals surface area contributed by atoms with Gasteiger partial charge in [-0.2, -0.15) is 18.3 Å². The van der Waals surface area contributed by atoms with E-state index in [-0.39, 0.29) is 23.6 Å². The monoisotopic (exact) mass is 341 g/mol. The van der Waals surface area contributed by atoms with Gasteiger partial charge in [0.1, 0.15) is 0 Å². The summed E-state index contributed by atoms with van der Waals surface area (Å²) in [5, 5.41) is 5.43. The Hall–Kier alpha value is -2.42. The van der Waals surface area contributed by atoms with Gasteiger partial charge in [0.25, 0.3) is 0 Å². The molecule has 0 radical (unpaired) electrons. The van der Waals surface area contributed by atoms with Crippen molar-refractivity contribution in [2.24, 2.45) is 0 Å². The minimum atomic E-state index is -4.63. The van der Waals surface area contributed by atoms with E-state index in [1.807, 2.05) is 0 Å². The lowest BCUT2D eigenvalue weighted by atomic mass is 10.2. The number of hydrogen-bond acceptors (Lipinski definition) is 5. The van der Waals surface area contributed by atoms with Crippen molar-refractivity contribution in [3.05, 3.63) is 41.0 Å². The lowest BCUT2D eigenvalue weighted by Crippen LogP contribution is -2.14. The van der Waals surface area contributed by atoms with E-state index in [2.05, 4.69) is 10.1 Å². The molecule has 0 unspecified atom stereocenters. The molecule has 0 atom stereocenters. The van der Waals surface area contributed by atoms with Crippen LogP contribution in [0.15, 0.2) is 29.6 Å². The van der Waals surface area contributed by atoms with Crippen LogP contribution in [0.25, 0.3) is 16.2 Å². The average molecular weight is 341 g/mol. The first kappa shape index (κ1) is 15.5. The van der Waals surface area contributed by atoms with Gasteiger partial charge in [-0.05, 0) is 24.4 Å². The van der Waals surface area contributed by atoms with Crippen molar-refractivity contribution < 1.29 is 22.7 Å². The molecule has 0 saturated carbocycles. The number of nitrogens with zero attached hydrogens (tertiary/aromatic N) is 3. The maximum atomic E-state index is 13.3. The number of fused-ring (bicyclic) bond motifs is 1. The standard InChI is InChI=1S/C14H10F3N3O2S/c1-2-22-13(21)9-7-12-18-8(10-4-3-5-23-10)6-11(14(15,16)17)20(12)19-9/h3-7H,2H2,1H3. The number of thiophene rings is 1. The van der Waals surface area contributed by atoms with Gasteiger partial charge in [0.15, 0.2) is 17.0 Å². The summed E-state index contributed by atoms with van der Waals surface area (Å²) in [7, 11) is 0. The highest BCUT2D eigenvalue weighted by Gasteiger charge is 2.35. The Kier molecular flexibility index (Phi) is 3.80. The molecular formula is C14H10F3N3O2S. The van der Waals surface area contributed by atoms with Crippen LogP contribution in [0.2, 0.25) is 0 Å². The van der Waals surface area contributed by atoms with Crippen LogP contribution in [0, 0.1) is 0 Å². The maximum absolute atomic E-state index is 13.3. The van der Waals surface area contributed by atoms with Gasteiger partial charge < -0.3 is 4.74 Å². The molecule has 3 aromatic rings. The third-order valence-corrected chi connectivity index (χ3v) is 3.87. The molecule has 120 valence electrons. The molecule has 0 saturated heterocycles. The van der Waals surface area contributed by atoms with E-state index in [0.717, 1.165) is 6.07 Å². The zero-order valence-electron chi connectivity index (χ0n) is 11.8. The zero-order valence-corrected chi connectivity index (χ0v) is 12.6. The Balaban J connectivity index is 2.21. The number of carbonyl (C=O) groups excluding carboxylic acids is 1. The van der Waals surface area contributed by atoms with Crippen molar-refractivity contribution in [1.82, 2.24) is 14.6 Å². The number of carbonyl (C=O) groups is 1. The lowest BCUT2D eigenvalue weighted by molar-refractivity contribution is -0.142. The molecule has 3 aromatic heterocycles. The van der Waals surface area contributed by atoms with Crippen LogP contribution in [0.5, 0.6) is 0 Å². The van der Waals surface area contributed by atoms with Crippen LogP contribution in [-0.2, 0) is 10.9 Å². The maximum Gasteiger partial charge on any atom is 0.433 e. The number of rotatable bonds is 3. The summed E-state index contributed by atoms with van der Waals surface area (Å²) >= 11 is 1.27. The molecule has 3 rings (SSSR count). The molecule has 0 N–H and O–H groups in total. The van der Waals surface area contributed by atoms with Crippen molar-refractivity contribution in [1.29, 1.82) is 0 Å². The van der Waals surface area contributed by atoms with Crippen LogP contribution in [0.4, 0.5) is 13.2 Å². The molecule has 0 aliphatic carbocycles. The molecule has 9 heteroatoms. The molecule has 0 aromatic carbocycles. The average Bonchev–Trinajstić information content (AvgIpc) is 3.14. The fourth-order valence-electron chi connectivity index (χ4n) is 2.03. The minimum Gasteiger partial charge on any atom is -0.461 e. The number of alkyl halides is 3. The van der Waals surface area contributed by atoms with Crippen molar-refractivity contribution in [2.45, 2.75) is 13.1 Å². The second-order valence-electron chi connectivity index (χ2n) is 4.52. The van der Waals surface area contributed by atoms with Crippen LogP contribution >= 0.6 is 11.3 Å². The van der Waals surface area contributed by atoms with Gasteiger partial charge in [0.05, 0.1) is 17.2 Å². The molecule has 3 heterocycles. The Morgan fingerprint density at radius 2 is 2.17 bits per heavy atom. The van der Waals surface area contributed by atoms with Crippen LogP contribution < -0.4 is 0 Å². The van der Waals surface area contributed by atoms with Gasteiger partial charge in [0.2, 0.25) is 0 Å². The number of halogens is 3. The van der Waals surface area contributed by atoms with Gasteiger partial charge >= 0.3 is 12.1 Å². The summed E-state index contributed by atoms with van der Waals surface area (Å²) in [5.41, 5.74) is -1.10. The number of aromatic nitrogens is 3. The highest BCUT2D eigenvalue weighted by molar-refractivity contribution is 7.13. The summed E-state index contributed by atoms with van der Waals surface area (Å²) in [6, 6.07) is 5.50. The number of esters is 1. The van der Waals surface area contributed by atoms with E-state index in [1.165, 1.54) is 17.4 Å². The fourth-order valence-corrected chi connectivity index (χ4v) is 2.72. The fraction of sp³-hybridized carbons (Fsp3) is 0.214. The van der Waals surface area contributed by atoms with Gasteiger partial charge in [-0.15, -0.1) is 11.3 Å². The van der Waals surface area contributed by atoms with Crippen LogP contribution in [-0.4, -0.2) is 27.2 Å². The normalized spacial score (nSPS) is 11.8. The number of ether oxygens (including phenoxy) is 1. The summed E-state index contributed by atoms with van der Waals surface area (Å²) in [6.07, 6.45) is -4.63. The third-order valence-electron chi connectivity index (χ3n) is 2.98. The van der Waals surface area contributed by atoms with Crippen molar-refractivity contribution in [3.63, 3.8) is 0 Å². The molecule has 23 heavy (non-hydrogen) atoms. The molecular weight excluding hydrogens is 331 g/mol. The predicted octanol–water partition coefficient (Wildman–Crippen LogP) is 3.65. The first-order valence-corrected chi connectivity index (χ1v) is 7.47. The third kappa shape index (κ3) is 2.91. The molecule has 5 nitrogen and oxygen atoms in total. The molecule has 0 bridgehead atoms. The summed E-state index contributed by atoms with van der Waals surface area (Å²) in [6.45, 7) is 1.70. The van der Waals surface area contributed by atoms with E-state index in [9.17, 15) is 18.0 Å². The van der Waals surface area contributed by atoms with Crippen molar-refractivity contribution in [3.8, 4) is 10.6 Å². The summed E-state index contributed by atoms with van der Waals surface area (Å²) in [4.78, 5) is 16.4. The van der Waals surface area contributed by atoms with Crippen LogP contribution in [0.1, 0.15) is 23.1 Å². The molecule has 0 amide bonds. The van der Waals surface area contributed by atoms with Crippen molar-refractivity contribution >= 4 is 23.0 Å². The predicted molar refractivity (Wildman–Crippen MR) is 77.3 cm³/mol. The lowest BCUT2D eigenvalue weighted by Gasteiger charge is -2.10. The highest BCUT2D eigenvalue weighted by Crippen LogP contribution is 2.33. The SMILES string of the molecule is CCOC(=O)c1cc2nc(-c3cccs3)cc(C(F)(F)F)n2n1. The van der Waals surface area contributed by atoms with Crippen molar-refractivity contribution in [2.75, 3.05) is 6.61 Å². The van der Waals surface area contributed by atoms with E-state index >= 15 is 0 Å². The molecule has 0 aliphatic rings. The van der Waals surface area contributed by atoms with Gasteiger partial charge in [0, 0.05) is 6.07 Å². The smallest absolute Gasteiger partial charge is 0.433 e. The Morgan fingerprint density at radius 3 is 2.78 bits per heavy atom. The first-order valence-electron chi connectivity index (χ1n) is 6.59. The summed E-state index contributed by atoms with van der Waals surface area (Å²) in [5.74, 6) is -0.788. The Labute approximate surface area is 132 Å². The second-order valence-corrected chi connectivity index (χ2v) is 5.47. The van der Waals surface area contributed by atoms with E-state index in [1.54, 1.807) is 24.4 Å². The first-order chi connectivity index (χ1) is 10.9. The molecule has 0 aliphatic heterocycles. The largest absolute Gasteiger partial charge is 0.461 e. The Morgan fingerprint density at radius 1 is 1.39 bits per heavy atom. The second kappa shape index (κ2) is 5.65. The van der Waals surface area contributed by atoms with E-state index in [4.69, 9.17) is 4.74 Å². The topological polar surface area (TPSA) is 56.5 Å². The van der Waals surface area contributed by atoms with Gasteiger partial charge in [-0.3, -0.25) is 0 Å². The minimum absolute atomic E-state index is 0.0636. The Bertz CT molecular complexity index is 856. The molecule has 0 fully saturated rings. The van der Waals surface area contributed by atoms with E-state index in [0.29, 0.717) is 9.39 Å². The van der Waals surface area contributed by atoms with Gasteiger partial charge in [-0.1, -0.05) is 6.07 Å². The summed E-state index contributed by atoms with van der Waals surface area (Å²) < 4.78 is 45.3. The van der Waals surface area contributed by atoms with E-state index < -0.39 is 17.8 Å².